The maximum atomic E-state index is 14.2. The summed E-state index contributed by atoms with van der Waals surface area (Å²) in [6.45, 7) is 1.15. The van der Waals surface area contributed by atoms with Gasteiger partial charge in [0.15, 0.2) is 0 Å². The third kappa shape index (κ3) is 3.68. The van der Waals surface area contributed by atoms with E-state index in [0.29, 0.717) is 44.8 Å². The fourth-order valence-electron chi connectivity index (χ4n) is 2.61. The fraction of sp³-hybridized carbons (Fsp3) is 0.538. The van der Waals surface area contributed by atoms with Gasteiger partial charge in [0.2, 0.25) is 5.95 Å². The van der Waals surface area contributed by atoms with Crippen molar-refractivity contribution >= 4 is 45.8 Å². The van der Waals surface area contributed by atoms with E-state index in [1.165, 1.54) is 10.7 Å². The molecule has 0 spiro atoms. The highest BCUT2D eigenvalue weighted by Crippen LogP contribution is 2.34. The molecule has 0 unspecified atom stereocenters. The lowest BCUT2D eigenvalue weighted by Crippen LogP contribution is -2.46. The number of alkyl halides is 3. The zero-order chi connectivity index (χ0) is 16.6. The molecule has 0 saturated carbocycles. The predicted octanol–water partition coefficient (Wildman–Crippen LogP) is 3.10. The van der Waals surface area contributed by atoms with Gasteiger partial charge in [0, 0.05) is 19.3 Å². The minimum Gasteiger partial charge on any atom is -0.348 e. The Hall–Kier alpha value is -0.750. The van der Waals surface area contributed by atoms with E-state index in [-0.39, 0.29) is 6.04 Å². The summed E-state index contributed by atoms with van der Waals surface area (Å²) in [6, 6.07) is 1.27. The number of nitrogens with zero attached hydrogens (tertiary/aromatic N) is 4. The van der Waals surface area contributed by atoms with Gasteiger partial charge in [-0.25, -0.2) is 9.37 Å². The van der Waals surface area contributed by atoms with E-state index >= 15 is 0 Å². The van der Waals surface area contributed by atoms with Crippen molar-refractivity contribution in [2.24, 2.45) is 0 Å². The van der Waals surface area contributed by atoms with Gasteiger partial charge in [-0.15, -0.1) is 0 Å². The molecule has 23 heavy (non-hydrogen) atoms. The lowest BCUT2D eigenvalue weighted by atomic mass is 10.0. The molecule has 0 amide bonds. The summed E-state index contributed by atoms with van der Waals surface area (Å²) in [5.41, 5.74) is 0.542. The Morgan fingerprint density at radius 2 is 2.26 bits per heavy atom. The van der Waals surface area contributed by atoms with E-state index in [1.54, 1.807) is 6.07 Å². The molecule has 2 aromatic heterocycles. The number of hydrogen-bond donors (Lipinski definition) is 1. The van der Waals surface area contributed by atoms with Crippen molar-refractivity contribution in [1.82, 2.24) is 19.5 Å². The van der Waals surface area contributed by atoms with Gasteiger partial charge >= 0.3 is 0 Å². The summed E-state index contributed by atoms with van der Waals surface area (Å²) in [4.78, 5) is 6.54. The maximum Gasteiger partial charge on any atom is 0.289 e. The van der Waals surface area contributed by atoms with Crippen molar-refractivity contribution in [3.63, 3.8) is 0 Å². The van der Waals surface area contributed by atoms with Gasteiger partial charge in [0.05, 0.1) is 16.5 Å². The summed E-state index contributed by atoms with van der Waals surface area (Å²) in [5.74, 6) is -2.15. The van der Waals surface area contributed by atoms with Crippen LogP contribution >= 0.6 is 34.4 Å². The van der Waals surface area contributed by atoms with Crippen molar-refractivity contribution in [1.29, 1.82) is 0 Å². The van der Waals surface area contributed by atoms with Gasteiger partial charge in [-0.2, -0.15) is 18.4 Å². The van der Waals surface area contributed by atoms with Gasteiger partial charge in [0.25, 0.3) is 5.76 Å². The average Bonchev–Trinajstić information content (AvgIpc) is 2.79. The molecular formula is C13H15F3IN5S. The molecule has 10 heteroatoms. The Balaban J connectivity index is 1.90. The average molecular weight is 457 g/mol. The molecule has 0 bridgehead atoms. The van der Waals surface area contributed by atoms with Crippen LogP contribution in [0, 0.1) is 3.70 Å². The van der Waals surface area contributed by atoms with Crippen LogP contribution in [0.5, 0.6) is 0 Å². The Labute approximate surface area is 149 Å². The SMILES string of the molecule is CN1CC[C@@H](Nc2nccc3c(SC(F)F)c(I)nn23)[C@@H](F)C1. The zero-order valence-corrected chi connectivity index (χ0v) is 15.2. The lowest BCUT2D eigenvalue weighted by molar-refractivity contribution is 0.149. The van der Waals surface area contributed by atoms with E-state index < -0.39 is 11.9 Å². The molecule has 0 aliphatic carbocycles. The second-order valence-electron chi connectivity index (χ2n) is 5.38. The number of piperidine rings is 1. The molecule has 1 fully saturated rings. The highest BCUT2D eigenvalue weighted by molar-refractivity contribution is 14.1. The minimum absolute atomic E-state index is 0.358. The standard InChI is InChI=1S/C13H15F3IN5S/c1-21-5-3-8(7(14)6-21)19-13-18-4-2-9-10(23-12(15)16)11(17)20-22(9)13/h2,4,7-8,12H,3,5-6H2,1H3,(H,18,19)/t7-,8+/m0/s1. The number of nitrogens with one attached hydrogen (secondary N) is 1. The first-order chi connectivity index (χ1) is 11.0. The van der Waals surface area contributed by atoms with Gasteiger partial charge in [-0.3, -0.25) is 0 Å². The number of halogens is 4. The van der Waals surface area contributed by atoms with E-state index in [2.05, 4.69) is 15.4 Å². The van der Waals surface area contributed by atoms with Crippen molar-refractivity contribution < 1.29 is 13.2 Å². The van der Waals surface area contributed by atoms with Crippen molar-refractivity contribution in [3.05, 3.63) is 16.0 Å². The molecule has 1 aliphatic heterocycles. The van der Waals surface area contributed by atoms with E-state index in [0.717, 1.165) is 6.54 Å². The van der Waals surface area contributed by atoms with E-state index in [4.69, 9.17) is 0 Å². The predicted molar refractivity (Wildman–Crippen MR) is 92.0 cm³/mol. The second-order valence-corrected chi connectivity index (χ2v) is 7.40. The molecule has 3 rings (SSSR count). The van der Waals surface area contributed by atoms with Gasteiger partial charge in [-0.05, 0) is 42.1 Å². The first-order valence-electron chi connectivity index (χ1n) is 7.03. The van der Waals surface area contributed by atoms with Crippen LogP contribution in [0.2, 0.25) is 0 Å². The van der Waals surface area contributed by atoms with Crippen LogP contribution in [0.1, 0.15) is 6.42 Å². The summed E-state index contributed by atoms with van der Waals surface area (Å²) >= 11 is 2.38. The topological polar surface area (TPSA) is 45.5 Å². The third-order valence-electron chi connectivity index (χ3n) is 3.73. The summed E-state index contributed by atoms with van der Waals surface area (Å²) in [6.07, 6.45) is 1.15. The minimum atomic E-state index is -2.52. The molecule has 0 aromatic carbocycles. The number of likely N-dealkylation sites (tertiary alicyclic amines) is 1. The largest absolute Gasteiger partial charge is 0.348 e. The molecule has 0 radical (unpaired) electrons. The van der Waals surface area contributed by atoms with Crippen LogP contribution in [0.25, 0.3) is 5.52 Å². The molecule has 126 valence electrons. The molecule has 1 aliphatic rings. The van der Waals surface area contributed by atoms with Gasteiger partial charge < -0.3 is 10.2 Å². The van der Waals surface area contributed by atoms with Crippen molar-refractivity contribution in [3.8, 4) is 0 Å². The normalized spacial score (nSPS) is 22.9. The van der Waals surface area contributed by atoms with Crippen LogP contribution in [0.3, 0.4) is 0 Å². The smallest absolute Gasteiger partial charge is 0.289 e. The molecular weight excluding hydrogens is 442 g/mol. The zero-order valence-electron chi connectivity index (χ0n) is 12.2. The van der Waals surface area contributed by atoms with E-state index in [1.807, 2.05) is 34.5 Å². The highest BCUT2D eigenvalue weighted by Gasteiger charge is 2.28. The number of hydrogen-bond acceptors (Lipinski definition) is 5. The van der Waals surface area contributed by atoms with Crippen LogP contribution in [-0.4, -0.2) is 57.6 Å². The van der Waals surface area contributed by atoms with Crippen molar-refractivity contribution in [2.75, 3.05) is 25.5 Å². The molecule has 3 heterocycles. The number of aromatic nitrogens is 3. The van der Waals surface area contributed by atoms with Gasteiger partial charge in [0.1, 0.15) is 9.87 Å². The first-order valence-corrected chi connectivity index (χ1v) is 8.98. The van der Waals surface area contributed by atoms with E-state index in [9.17, 15) is 13.2 Å². The number of anilines is 1. The second kappa shape index (κ2) is 7.01. The number of fused-ring (bicyclic) bond motifs is 1. The third-order valence-corrected chi connectivity index (χ3v) is 5.67. The maximum absolute atomic E-state index is 14.2. The lowest BCUT2D eigenvalue weighted by Gasteiger charge is -2.32. The number of thioether (sulfide) groups is 1. The molecule has 2 atom stereocenters. The molecule has 1 saturated heterocycles. The monoisotopic (exact) mass is 457 g/mol. The van der Waals surface area contributed by atoms with Crippen LogP contribution < -0.4 is 5.32 Å². The van der Waals surface area contributed by atoms with Crippen LogP contribution in [-0.2, 0) is 0 Å². The van der Waals surface area contributed by atoms with Gasteiger partial charge in [-0.1, -0.05) is 11.8 Å². The van der Waals surface area contributed by atoms with Crippen LogP contribution in [0.15, 0.2) is 17.2 Å². The molecule has 5 nitrogen and oxygen atoms in total. The highest BCUT2D eigenvalue weighted by atomic mass is 127. The fourth-order valence-corrected chi connectivity index (χ4v) is 4.08. The summed E-state index contributed by atoms with van der Waals surface area (Å²) in [5, 5.41) is 7.34. The number of rotatable bonds is 4. The Morgan fingerprint density at radius 1 is 1.48 bits per heavy atom. The summed E-state index contributed by atoms with van der Waals surface area (Å²) in [7, 11) is 1.88. The Kier molecular flexibility index (Phi) is 5.21. The Morgan fingerprint density at radius 3 is 2.96 bits per heavy atom. The quantitative estimate of drug-likeness (QED) is 0.565. The molecule has 2 aromatic rings. The molecule has 1 N–H and O–H groups in total. The van der Waals surface area contributed by atoms with Crippen molar-refractivity contribution in [2.45, 2.75) is 29.3 Å². The van der Waals surface area contributed by atoms with Crippen LogP contribution in [0.4, 0.5) is 19.1 Å². The first kappa shape index (κ1) is 17.1. The summed E-state index contributed by atoms with van der Waals surface area (Å²) < 4.78 is 41.5. The Bertz CT molecular complexity index is 698.